The molecule has 0 fully saturated rings. The molecule has 1 amide bonds. The molecular formula is C13H11NO. The Hall–Kier alpha value is -2.19. The average molecular weight is 197 g/mol. The van der Waals surface area contributed by atoms with Gasteiger partial charge in [-0.05, 0) is 12.1 Å². The first-order valence-corrected chi connectivity index (χ1v) is 4.61. The van der Waals surface area contributed by atoms with Gasteiger partial charge in [-0.3, -0.25) is 10.1 Å². The van der Waals surface area contributed by atoms with Crippen molar-refractivity contribution in [3.05, 3.63) is 35.9 Å². The van der Waals surface area contributed by atoms with Crippen LogP contribution in [0.15, 0.2) is 30.3 Å². The van der Waals surface area contributed by atoms with Crippen LogP contribution in [0.1, 0.15) is 23.2 Å². The van der Waals surface area contributed by atoms with E-state index in [2.05, 4.69) is 23.2 Å². The number of unbranched alkanes of at least 4 members (excludes halogenated alkanes) is 1. The van der Waals surface area contributed by atoms with Crippen LogP contribution in [0.4, 0.5) is 0 Å². The molecule has 0 aliphatic rings. The molecule has 1 N–H and O–H groups in total. The Morgan fingerprint density at radius 2 is 2.00 bits per heavy atom. The minimum atomic E-state index is -0.191. The number of hydrogen-bond donors (Lipinski definition) is 1. The second-order valence-corrected chi connectivity index (χ2v) is 2.83. The Morgan fingerprint density at radius 3 is 2.67 bits per heavy atom. The first-order valence-electron chi connectivity index (χ1n) is 4.61. The minimum absolute atomic E-state index is 0.191. The number of hydrogen-bond acceptors (Lipinski definition) is 1. The van der Waals surface area contributed by atoms with Gasteiger partial charge in [-0.1, -0.05) is 24.1 Å². The number of benzene rings is 1. The lowest BCUT2D eigenvalue weighted by molar-refractivity contribution is 0.0973. The predicted molar refractivity (Wildman–Crippen MR) is 59.8 cm³/mol. The molecule has 1 aromatic rings. The van der Waals surface area contributed by atoms with Crippen LogP contribution >= 0.6 is 0 Å². The first kappa shape index (κ1) is 10.9. The fourth-order valence-corrected chi connectivity index (χ4v) is 0.960. The van der Waals surface area contributed by atoms with Crippen molar-refractivity contribution < 1.29 is 4.79 Å². The number of carbonyl (C=O) groups excluding carboxylic acids is 1. The van der Waals surface area contributed by atoms with Gasteiger partial charge in [0.15, 0.2) is 0 Å². The highest BCUT2D eigenvalue weighted by molar-refractivity contribution is 5.95. The minimum Gasteiger partial charge on any atom is -0.281 e. The zero-order valence-corrected chi connectivity index (χ0v) is 8.29. The molecule has 0 bridgehead atoms. The summed E-state index contributed by atoms with van der Waals surface area (Å²) >= 11 is 0. The fraction of sp³-hybridized carbons (Fsp3) is 0.154. The van der Waals surface area contributed by atoms with Crippen LogP contribution in [0.25, 0.3) is 0 Å². The largest absolute Gasteiger partial charge is 0.281 e. The van der Waals surface area contributed by atoms with Crippen molar-refractivity contribution in [2.45, 2.75) is 12.8 Å². The zero-order chi connectivity index (χ0) is 10.9. The predicted octanol–water partition coefficient (Wildman–Crippen LogP) is 1.79. The molecule has 0 heterocycles. The van der Waals surface area contributed by atoms with E-state index in [4.69, 9.17) is 6.42 Å². The van der Waals surface area contributed by atoms with Gasteiger partial charge in [0.2, 0.25) is 0 Å². The topological polar surface area (TPSA) is 29.1 Å². The average Bonchev–Trinajstić information content (AvgIpc) is 2.30. The van der Waals surface area contributed by atoms with Crippen molar-refractivity contribution >= 4 is 5.91 Å². The molecule has 0 atom stereocenters. The summed E-state index contributed by atoms with van der Waals surface area (Å²) in [7, 11) is 0. The summed E-state index contributed by atoms with van der Waals surface area (Å²) in [4.78, 5) is 11.4. The van der Waals surface area contributed by atoms with E-state index in [-0.39, 0.29) is 5.91 Å². The van der Waals surface area contributed by atoms with Crippen molar-refractivity contribution in [2.24, 2.45) is 0 Å². The summed E-state index contributed by atoms with van der Waals surface area (Å²) in [6, 6.07) is 11.5. The van der Waals surface area contributed by atoms with Gasteiger partial charge >= 0.3 is 0 Å². The molecule has 2 heteroatoms. The smallest absolute Gasteiger partial charge is 0.262 e. The van der Waals surface area contributed by atoms with Gasteiger partial charge in [0.25, 0.3) is 5.91 Å². The summed E-state index contributed by atoms with van der Waals surface area (Å²) in [6.07, 6.45) is 6.26. The van der Waals surface area contributed by atoms with E-state index in [1.54, 1.807) is 24.3 Å². The summed E-state index contributed by atoms with van der Waals surface area (Å²) in [5.74, 6) is 5.04. The Balaban J connectivity index is 2.43. The molecule has 1 rings (SSSR count). The van der Waals surface area contributed by atoms with Crippen molar-refractivity contribution in [3.8, 4) is 24.3 Å². The molecule has 0 saturated heterocycles. The first-order chi connectivity index (χ1) is 7.34. The lowest BCUT2D eigenvalue weighted by Gasteiger charge is -1.96. The van der Waals surface area contributed by atoms with E-state index < -0.39 is 0 Å². The van der Waals surface area contributed by atoms with Crippen LogP contribution in [0.3, 0.4) is 0 Å². The Morgan fingerprint density at radius 1 is 1.27 bits per heavy atom. The van der Waals surface area contributed by atoms with E-state index in [1.165, 1.54) is 0 Å². The second kappa shape index (κ2) is 6.29. The summed E-state index contributed by atoms with van der Waals surface area (Å²) < 4.78 is 0. The van der Waals surface area contributed by atoms with Gasteiger partial charge in [0.1, 0.15) is 0 Å². The van der Waals surface area contributed by atoms with E-state index in [0.29, 0.717) is 18.4 Å². The highest BCUT2D eigenvalue weighted by atomic mass is 16.1. The van der Waals surface area contributed by atoms with Crippen LogP contribution < -0.4 is 5.32 Å². The maximum absolute atomic E-state index is 11.4. The lowest BCUT2D eigenvalue weighted by atomic mass is 10.2. The van der Waals surface area contributed by atoms with Crippen LogP contribution in [0, 0.1) is 24.3 Å². The van der Waals surface area contributed by atoms with Gasteiger partial charge in [-0.2, -0.15) is 0 Å². The number of terminal acetylenes is 1. The highest BCUT2D eigenvalue weighted by Gasteiger charge is 2.00. The Kier molecular flexibility index (Phi) is 4.57. The molecule has 0 aliphatic heterocycles. The molecule has 74 valence electrons. The van der Waals surface area contributed by atoms with Crippen molar-refractivity contribution in [2.75, 3.05) is 0 Å². The van der Waals surface area contributed by atoms with E-state index >= 15 is 0 Å². The molecule has 0 radical (unpaired) electrons. The zero-order valence-electron chi connectivity index (χ0n) is 8.29. The molecule has 0 aliphatic carbocycles. The van der Waals surface area contributed by atoms with Crippen LogP contribution in [0.5, 0.6) is 0 Å². The maximum atomic E-state index is 11.4. The maximum Gasteiger partial charge on any atom is 0.262 e. The molecule has 2 nitrogen and oxygen atoms in total. The Labute approximate surface area is 89.7 Å². The van der Waals surface area contributed by atoms with E-state index in [0.717, 1.165) is 0 Å². The number of nitrogens with one attached hydrogen (secondary N) is 1. The van der Waals surface area contributed by atoms with Crippen molar-refractivity contribution in [1.82, 2.24) is 5.32 Å². The summed E-state index contributed by atoms with van der Waals surface area (Å²) in [5.41, 5.74) is 0.601. The number of amides is 1. The highest BCUT2D eigenvalue weighted by Crippen LogP contribution is 1.96. The van der Waals surface area contributed by atoms with Crippen molar-refractivity contribution in [3.63, 3.8) is 0 Å². The second-order valence-electron chi connectivity index (χ2n) is 2.83. The van der Waals surface area contributed by atoms with Gasteiger partial charge in [0, 0.05) is 24.4 Å². The SMILES string of the molecule is C#CCCC#CNC(=O)c1ccccc1. The lowest BCUT2D eigenvalue weighted by Crippen LogP contribution is -2.17. The molecular weight excluding hydrogens is 186 g/mol. The van der Waals surface area contributed by atoms with Crippen LogP contribution in [-0.2, 0) is 0 Å². The monoisotopic (exact) mass is 197 g/mol. The standard InChI is InChI=1S/C13H11NO/c1-2-3-4-8-11-14-13(15)12-9-6-5-7-10-12/h1,5-7,9-10H,3-4H2,(H,14,15). The van der Waals surface area contributed by atoms with Gasteiger partial charge in [-0.15, -0.1) is 12.3 Å². The molecule has 0 saturated carbocycles. The van der Waals surface area contributed by atoms with Gasteiger partial charge in [0.05, 0.1) is 0 Å². The van der Waals surface area contributed by atoms with Crippen LogP contribution in [-0.4, -0.2) is 5.91 Å². The fourth-order valence-electron chi connectivity index (χ4n) is 0.960. The molecule has 1 aromatic carbocycles. The summed E-state index contributed by atoms with van der Waals surface area (Å²) in [6.45, 7) is 0. The van der Waals surface area contributed by atoms with Gasteiger partial charge < -0.3 is 0 Å². The molecule has 0 aromatic heterocycles. The quantitative estimate of drug-likeness (QED) is 0.437. The van der Waals surface area contributed by atoms with E-state index in [9.17, 15) is 4.79 Å². The normalized spacial score (nSPS) is 8.20. The van der Waals surface area contributed by atoms with Gasteiger partial charge in [-0.25, -0.2) is 0 Å². The summed E-state index contributed by atoms with van der Waals surface area (Å²) in [5, 5.41) is 2.49. The third-order valence-corrected chi connectivity index (χ3v) is 1.69. The van der Waals surface area contributed by atoms with Crippen molar-refractivity contribution in [1.29, 1.82) is 0 Å². The number of rotatable bonds is 2. The van der Waals surface area contributed by atoms with E-state index in [1.807, 2.05) is 6.07 Å². The Bertz CT molecular complexity index is 417. The third kappa shape index (κ3) is 4.02. The molecule has 0 spiro atoms. The third-order valence-electron chi connectivity index (χ3n) is 1.69. The molecule has 15 heavy (non-hydrogen) atoms. The number of carbonyl (C=O) groups is 1. The molecule has 0 unspecified atom stereocenters. The van der Waals surface area contributed by atoms with Crippen LogP contribution in [0.2, 0.25) is 0 Å².